The molecule has 1 aliphatic heterocycles. The van der Waals surface area contributed by atoms with Crippen molar-refractivity contribution in [1.29, 1.82) is 0 Å². The van der Waals surface area contributed by atoms with Crippen LogP contribution in [0.2, 0.25) is 0 Å². The lowest BCUT2D eigenvalue weighted by Crippen LogP contribution is -2.41. The summed E-state index contributed by atoms with van der Waals surface area (Å²) in [4.78, 5) is 25.8. The number of methoxy groups -OCH3 is 3. The SMILES string of the molecule is COc1cc(OC)c2c(c1O)C(=O)C1=C(COC(C)(OC)C1)C2=O. The minimum atomic E-state index is -0.995. The maximum Gasteiger partial charge on any atom is 0.196 e. The summed E-state index contributed by atoms with van der Waals surface area (Å²) in [6.07, 6.45) is 0.113. The molecule has 0 aromatic heterocycles. The monoisotopic (exact) mass is 334 g/mol. The van der Waals surface area contributed by atoms with E-state index in [0.717, 1.165) is 0 Å². The van der Waals surface area contributed by atoms with Gasteiger partial charge < -0.3 is 24.1 Å². The molecule has 1 atom stereocenters. The van der Waals surface area contributed by atoms with Crippen molar-refractivity contribution >= 4 is 11.6 Å². The largest absolute Gasteiger partial charge is 0.504 e. The van der Waals surface area contributed by atoms with Crippen LogP contribution in [0.5, 0.6) is 17.2 Å². The summed E-state index contributed by atoms with van der Waals surface area (Å²) in [5.74, 6) is -1.97. The Labute approximate surface area is 138 Å². The van der Waals surface area contributed by atoms with E-state index in [1.807, 2.05) is 0 Å². The third-order valence-corrected chi connectivity index (χ3v) is 4.49. The molecule has 1 aromatic rings. The van der Waals surface area contributed by atoms with Crippen molar-refractivity contribution in [3.05, 3.63) is 28.3 Å². The smallest absolute Gasteiger partial charge is 0.196 e. The van der Waals surface area contributed by atoms with Gasteiger partial charge in [0.15, 0.2) is 28.9 Å². The van der Waals surface area contributed by atoms with E-state index in [1.165, 1.54) is 27.4 Å². The first kappa shape index (κ1) is 16.5. The molecule has 1 aromatic carbocycles. The number of aromatic hydroxyl groups is 1. The van der Waals surface area contributed by atoms with Crippen LogP contribution < -0.4 is 9.47 Å². The Balaban J connectivity index is 2.23. The van der Waals surface area contributed by atoms with E-state index in [2.05, 4.69) is 0 Å². The fourth-order valence-electron chi connectivity index (χ4n) is 3.03. The quantitative estimate of drug-likeness (QED) is 0.902. The molecule has 7 heteroatoms. The van der Waals surface area contributed by atoms with Gasteiger partial charge in [0.2, 0.25) is 0 Å². The first-order chi connectivity index (χ1) is 11.4. The average Bonchev–Trinajstić information content (AvgIpc) is 2.59. The van der Waals surface area contributed by atoms with Gasteiger partial charge in [-0.15, -0.1) is 0 Å². The molecule has 3 rings (SSSR count). The van der Waals surface area contributed by atoms with E-state index in [0.29, 0.717) is 0 Å². The minimum absolute atomic E-state index is 0.0316. The van der Waals surface area contributed by atoms with Crippen molar-refractivity contribution in [3.8, 4) is 17.2 Å². The number of ketones is 2. The molecule has 0 radical (unpaired) electrons. The fourth-order valence-corrected chi connectivity index (χ4v) is 3.03. The van der Waals surface area contributed by atoms with Gasteiger partial charge in [-0.05, 0) is 6.92 Å². The van der Waals surface area contributed by atoms with E-state index >= 15 is 0 Å². The number of ether oxygens (including phenoxy) is 4. The standard InChI is InChI=1S/C17H18O7/c1-17(23-4)6-8-9(7-24-17)15(19)12-10(21-2)5-11(22-3)16(20)13(12)14(8)18/h5,20H,6-7H2,1-4H3. The third-order valence-electron chi connectivity index (χ3n) is 4.49. The highest BCUT2D eigenvalue weighted by Crippen LogP contribution is 2.46. The number of carbonyl (C=O) groups is 2. The molecule has 1 heterocycles. The zero-order valence-corrected chi connectivity index (χ0v) is 13.9. The zero-order chi connectivity index (χ0) is 17.6. The average molecular weight is 334 g/mol. The second-order valence-electron chi connectivity index (χ2n) is 5.80. The lowest BCUT2D eigenvalue weighted by atomic mass is 9.79. The summed E-state index contributed by atoms with van der Waals surface area (Å²) in [6, 6.07) is 1.38. The topological polar surface area (TPSA) is 91.3 Å². The van der Waals surface area contributed by atoms with Crippen molar-refractivity contribution < 1.29 is 33.6 Å². The Hall–Kier alpha value is -2.38. The predicted molar refractivity (Wildman–Crippen MR) is 82.9 cm³/mol. The maximum absolute atomic E-state index is 13.0. The normalized spacial score (nSPS) is 23.0. The molecule has 7 nitrogen and oxygen atoms in total. The van der Waals surface area contributed by atoms with E-state index < -0.39 is 17.4 Å². The molecule has 0 amide bonds. The summed E-state index contributed by atoms with van der Waals surface area (Å²) in [6.45, 7) is 1.65. The van der Waals surface area contributed by atoms with Crippen LogP contribution in [0.25, 0.3) is 0 Å². The molecule has 0 saturated carbocycles. The van der Waals surface area contributed by atoms with Crippen molar-refractivity contribution in [1.82, 2.24) is 0 Å². The van der Waals surface area contributed by atoms with E-state index in [1.54, 1.807) is 6.92 Å². The Morgan fingerprint density at radius 1 is 1.04 bits per heavy atom. The predicted octanol–water partition coefficient (Wildman–Crippen LogP) is 1.87. The minimum Gasteiger partial charge on any atom is -0.504 e. The van der Waals surface area contributed by atoms with Gasteiger partial charge >= 0.3 is 0 Å². The summed E-state index contributed by atoms with van der Waals surface area (Å²) >= 11 is 0. The Morgan fingerprint density at radius 2 is 1.67 bits per heavy atom. The highest BCUT2D eigenvalue weighted by molar-refractivity contribution is 6.29. The van der Waals surface area contributed by atoms with Crippen LogP contribution in [-0.2, 0) is 9.47 Å². The molecule has 128 valence electrons. The second kappa shape index (κ2) is 5.61. The Bertz CT molecular complexity index is 778. The number of rotatable bonds is 3. The van der Waals surface area contributed by atoms with Crippen molar-refractivity contribution in [2.75, 3.05) is 27.9 Å². The van der Waals surface area contributed by atoms with Gasteiger partial charge in [-0.25, -0.2) is 0 Å². The van der Waals surface area contributed by atoms with Crippen molar-refractivity contribution in [2.45, 2.75) is 19.1 Å². The summed E-state index contributed by atoms with van der Waals surface area (Å²) in [5, 5.41) is 10.4. The molecule has 0 spiro atoms. The molecule has 0 fully saturated rings. The number of phenols is 1. The van der Waals surface area contributed by atoms with Crippen LogP contribution in [0.15, 0.2) is 17.2 Å². The van der Waals surface area contributed by atoms with Crippen LogP contribution in [0.4, 0.5) is 0 Å². The van der Waals surface area contributed by atoms with Crippen molar-refractivity contribution in [2.24, 2.45) is 0 Å². The number of carbonyl (C=O) groups excluding carboxylic acids is 2. The lowest BCUT2D eigenvalue weighted by molar-refractivity contribution is -0.208. The van der Waals surface area contributed by atoms with Gasteiger partial charge in [-0.2, -0.15) is 0 Å². The van der Waals surface area contributed by atoms with E-state index in [4.69, 9.17) is 18.9 Å². The van der Waals surface area contributed by atoms with Crippen LogP contribution in [0, 0.1) is 0 Å². The van der Waals surface area contributed by atoms with Crippen LogP contribution in [0.3, 0.4) is 0 Å². The molecule has 0 saturated heterocycles. The molecule has 1 aliphatic carbocycles. The highest BCUT2D eigenvalue weighted by Gasteiger charge is 2.44. The number of hydrogen-bond acceptors (Lipinski definition) is 7. The number of fused-ring (bicyclic) bond motifs is 1. The third kappa shape index (κ3) is 2.20. The molecule has 0 bridgehead atoms. The van der Waals surface area contributed by atoms with Gasteiger partial charge in [0.25, 0.3) is 0 Å². The van der Waals surface area contributed by atoms with E-state index in [9.17, 15) is 14.7 Å². The Morgan fingerprint density at radius 3 is 2.25 bits per heavy atom. The Kier molecular flexibility index (Phi) is 3.85. The number of hydrogen-bond donors (Lipinski definition) is 1. The van der Waals surface area contributed by atoms with Crippen LogP contribution >= 0.6 is 0 Å². The van der Waals surface area contributed by atoms with E-state index in [-0.39, 0.29) is 52.5 Å². The van der Waals surface area contributed by atoms with Crippen molar-refractivity contribution in [3.63, 3.8) is 0 Å². The molecular weight excluding hydrogens is 316 g/mol. The van der Waals surface area contributed by atoms with Gasteiger partial charge in [0, 0.05) is 30.7 Å². The number of Topliss-reactive ketones (excluding diaryl/α,β-unsaturated/α-hetero) is 2. The molecule has 1 N–H and O–H groups in total. The molecule has 2 aliphatic rings. The number of benzene rings is 1. The highest BCUT2D eigenvalue weighted by atomic mass is 16.7. The fraction of sp³-hybridized carbons (Fsp3) is 0.412. The summed E-state index contributed by atoms with van der Waals surface area (Å²) < 4.78 is 21.2. The molecule has 1 unspecified atom stereocenters. The molecular formula is C17H18O7. The zero-order valence-electron chi connectivity index (χ0n) is 13.9. The lowest BCUT2D eigenvalue weighted by Gasteiger charge is -2.36. The summed E-state index contributed by atoms with van der Waals surface area (Å²) in [7, 11) is 4.21. The summed E-state index contributed by atoms with van der Waals surface area (Å²) in [5.41, 5.74) is 0.484. The van der Waals surface area contributed by atoms with Crippen LogP contribution in [0.1, 0.15) is 34.1 Å². The number of phenolic OH excluding ortho intramolecular Hbond substituents is 1. The molecule has 24 heavy (non-hydrogen) atoms. The first-order valence-corrected chi connectivity index (χ1v) is 7.35. The maximum atomic E-state index is 13.0. The van der Waals surface area contributed by atoms with Gasteiger partial charge in [-0.1, -0.05) is 0 Å². The van der Waals surface area contributed by atoms with Gasteiger partial charge in [0.05, 0.1) is 32.0 Å². The first-order valence-electron chi connectivity index (χ1n) is 7.35. The second-order valence-corrected chi connectivity index (χ2v) is 5.80. The van der Waals surface area contributed by atoms with Gasteiger partial charge in [0.1, 0.15) is 5.75 Å². The van der Waals surface area contributed by atoms with Gasteiger partial charge in [-0.3, -0.25) is 9.59 Å². The van der Waals surface area contributed by atoms with Crippen LogP contribution in [-0.4, -0.2) is 50.4 Å².